The van der Waals surface area contributed by atoms with E-state index in [1.807, 2.05) is 0 Å². The molecule has 6 aromatic carbocycles. The Kier molecular flexibility index (Phi) is 9.07. The third-order valence-corrected chi connectivity index (χ3v) is 14.8. The van der Waals surface area contributed by atoms with Gasteiger partial charge < -0.3 is 9.32 Å². The van der Waals surface area contributed by atoms with Gasteiger partial charge in [0, 0.05) is 39.2 Å². The monoisotopic (exact) mass is 829 g/mol. The predicted molar refractivity (Wildman–Crippen MR) is 272 cm³/mol. The van der Waals surface area contributed by atoms with Gasteiger partial charge in [-0.1, -0.05) is 151 Å². The number of hydrogen-bond acceptors (Lipinski definition) is 3. The lowest BCUT2D eigenvalue weighted by molar-refractivity contribution is 0.332. The van der Waals surface area contributed by atoms with Crippen LogP contribution >= 0.6 is 0 Å². The summed E-state index contributed by atoms with van der Waals surface area (Å²) in [6, 6.07) is 44.6. The second kappa shape index (κ2) is 13.8. The predicted octanol–water partition coefficient (Wildman–Crippen LogP) is 14.7. The Morgan fingerprint density at radius 3 is 1.70 bits per heavy atom. The van der Waals surface area contributed by atoms with Crippen LogP contribution in [0.25, 0.3) is 22.1 Å². The zero-order chi connectivity index (χ0) is 44.8. The van der Waals surface area contributed by atoms with Gasteiger partial charge in [-0.3, -0.25) is 4.90 Å². The van der Waals surface area contributed by atoms with E-state index in [4.69, 9.17) is 4.42 Å². The van der Waals surface area contributed by atoms with Gasteiger partial charge in [-0.25, -0.2) is 0 Å². The number of nitrogens with zero attached hydrogens (tertiary/aromatic N) is 2. The normalized spacial score (nSPS) is 16.4. The highest BCUT2D eigenvalue weighted by molar-refractivity contribution is 7.01. The van der Waals surface area contributed by atoms with Gasteiger partial charge in [0.2, 0.25) is 5.88 Å². The first-order valence-electron chi connectivity index (χ1n) is 23.3. The molecule has 63 heavy (non-hydrogen) atoms. The van der Waals surface area contributed by atoms with E-state index in [0.717, 1.165) is 30.0 Å². The summed E-state index contributed by atoms with van der Waals surface area (Å²) >= 11 is 0. The van der Waals surface area contributed by atoms with Crippen molar-refractivity contribution in [2.75, 3.05) is 9.80 Å². The van der Waals surface area contributed by atoms with Gasteiger partial charge in [0.1, 0.15) is 5.58 Å². The molecule has 10 rings (SSSR count). The SMILES string of the molecule is Cc1cc2c3c(c1)N(c1ccc(C(C)(C)C)cc1)c1oc4ccc(C(C)(C)C)cc4c1B3c1cc3c(cc1N2c1ccc(C(C)(C)C)cc1-c1ccccc1)C(C)(C)CCC3(C)C. The second-order valence-corrected chi connectivity index (χ2v) is 23.5. The van der Waals surface area contributed by atoms with Crippen molar-refractivity contribution in [1.29, 1.82) is 0 Å². The topological polar surface area (TPSA) is 19.6 Å². The Balaban J connectivity index is 1.36. The van der Waals surface area contributed by atoms with Gasteiger partial charge in [-0.2, -0.15) is 0 Å². The van der Waals surface area contributed by atoms with E-state index in [0.29, 0.717) is 0 Å². The minimum Gasteiger partial charge on any atom is -0.440 e. The molecule has 0 fully saturated rings. The lowest BCUT2D eigenvalue weighted by Crippen LogP contribution is -2.61. The lowest BCUT2D eigenvalue weighted by atomic mass is 9.33. The first-order chi connectivity index (χ1) is 29.5. The molecular formula is C59H65BN2O. The fraction of sp³-hybridized carbons (Fsp3) is 0.356. The Labute approximate surface area is 377 Å². The van der Waals surface area contributed by atoms with Crippen LogP contribution < -0.4 is 26.2 Å². The van der Waals surface area contributed by atoms with Crippen LogP contribution in [0, 0.1) is 6.92 Å². The first kappa shape index (κ1) is 41.5. The molecule has 0 amide bonds. The molecule has 7 aromatic rings. The highest BCUT2D eigenvalue weighted by atomic mass is 16.4. The third kappa shape index (κ3) is 6.60. The molecule has 0 saturated heterocycles. The lowest BCUT2D eigenvalue weighted by Gasteiger charge is -2.47. The Bertz CT molecular complexity index is 2960. The van der Waals surface area contributed by atoms with Crippen molar-refractivity contribution in [3.8, 4) is 11.1 Å². The highest BCUT2D eigenvalue weighted by Crippen LogP contribution is 2.52. The van der Waals surface area contributed by atoms with Crippen molar-refractivity contribution < 1.29 is 4.42 Å². The average molecular weight is 829 g/mol. The molecule has 0 radical (unpaired) electrons. The number of hydrogen-bond donors (Lipinski definition) is 0. The number of fused-ring (bicyclic) bond motifs is 7. The molecule has 0 N–H and O–H groups in total. The standard InChI is InChI=1S/C59H65BN2O/c1-36-30-49-53-50(31-36)62(47-26-22-39(56(5,6)7)32-42(47)37-18-16-15-17-19-37)48-35-45-44(58(11,12)28-29-59(45,13)14)34-46(48)60(53)52-43-33-40(57(8,9)10)23-27-51(43)63-54(52)61(49)41-24-20-38(21-25-41)55(2,3)4/h15-27,30-35H,28-29H2,1-14H3. The average Bonchev–Trinajstić information content (AvgIpc) is 3.59. The molecule has 0 unspecified atom stereocenters. The van der Waals surface area contributed by atoms with Crippen LogP contribution in [0.2, 0.25) is 0 Å². The van der Waals surface area contributed by atoms with Crippen LogP contribution in [0.5, 0.6) is 0 Å². The summed E-state index contributed by atoms with van der Waals surface area (Å²) in [5, 5.41) is 1.20. The summed E-state index contributed by atoms with van der Waals surface area (Å²) < 4.78 is 7.26. The Morgan fingerprint density at radius 2 is 1.08 bits per heavy atom. The van der Waals surface area contributed by atoms with E-state index >= 15 is 0 Å². The summed E-state index contributed by atoms with van der Waals surface area (Å²) in [4.78, 5) is 5.09. The largest absolute Gasteiger partial charge is 0.440 e. The number of aryl methyl sites for hydroxylation is 1. The fourth-order valence-electron chi connectivity index (χ4n) is 10.9. The Hall–Kier alpha value is -5.48. The van der Waals surface area contributed by atoms with Crippen molar-refractivity contribution in [2.45, 2.75) is 137 Å². The summed E-state index contributed by atoms with van der Waals surface area (Å²) in [6.45, 7) is 32.9. The van der Waals surface area contributed by atoms with E-state index in [9.17, 15) is 0 Å². The van der Waals surface area contributed by atoms with Crippen molar-refractivity contribution in [2.24, 2.45) is 0 Å². The third-order valence-electron chi connectivity index (χ3n) is 14.8. The molecule has 3 aliphatic rings. The van der Waals surface area contributed by atoms with Crippen LogP contribution in [-0.4, -0.2) is 6.71 Å². The zero-order valence-corrected chi connectivity index (χ0v) is 40.3. The van der Waals surface area contributed by atoms with Gasteiger partial charge in [-0.15, -0.1) is 0 Å². The van der Waals surface area contributed by atoms with Crippen molar-refractivity contribution in [1.82, 2.24) is 0 Å². The molecule has 0 spiro atoms. The molecule has 1 aliphatic carbocycles. The van der Waals surface area contributed by atoms with Crippen LogP contribution in [0.15, 0.2) is 120 Å². The van der Waals surface area contributed by atoms with E-state index in [1.165, 1.54) is 89.0 Å². The van der Waals surface area contributed by atoms with Gasteiger partial charge in [0.05, 0.1) is 5.69 Å². The molecule has 1 aromatic heterocycles. The van der Waals surface area contributed by atoms with E-state index in [-0.39, 0.29) is 33.8 Å². The quantitative estimate of drug-likeness (QED) is 0.165. The Morgan fingerprint density at radius 1 is 0.524 bits per heavy atom. The molecule has 320 valence electrons. The number of rotatable bonds is 3. The van der Waals surface area contributed by atoms with Gasteiger partial charge in [0.25, 0.3) is 6.71 Å². The van der Waals surface area contributed by atoms with E-state index < -0.39 is 0 Å². The minimum absolute atomic E-state index is 0.0160. The molecular weight excluding hydrogens is 763 g/mol. The summed E-state index contributed by atoms with van der Waals surface area (Å²) in [7, 11) is 0. The summed E-state index contributed by atoms with van der Waals surface area (Å²) in [6.07, 6.45) is 2.31. The van der Waals surface area contributed by atoms with Gasteiger partial charge in [-0.05, 0) is 151 Å². The van der Waals surface area contributed by atoms with E-state index in [1.54, 1.807) is 0 Å². The summed E-state index contributed by atoms with van der Waals surface area (Å²) in [5.41, 5.74) is 21.5. The van der Waals surface area contributed by atoms with Crippen molar-refractivity contribution in [3.05, 3.63) is 149 Å². The highest BCUT2D eigenvalue weighted by Gasteiger charge is 2.49. The number of benzene rings is 6. The minimum atomic E-state index is -0.0569. The molecule has 3 nitrogen and oxygen atoms in total. The van der Waals surface area contributed by atoms with E-state index in [2.05, 4.69) is 222 Å². The molecule has 0 bridgehead atoms. The maximum absolute atomic E-state index is 7.26. The van der Waals surface area contributed by atoms with Crippen LogP contribution in [0.1, 0.15) is 136 Å². The maximum atomic E-state index is 7.26. The van der Waals surface area contributed by atoms with Gasteiger partial charge in [0.15, 0.2) is 0 Å². The smallest absolute Gasteiger partial charge is 0.257 e. The first-order valence-corrected chi connectivity index (χ1v) is 23.3. The van der Waals surface area contributed by atoms with Crippen LogP contribution in [0.3, 0.4) is 0 Å². The fourth-order valence-corrected chi connectivity index (χ4v) is 10.9. The van der Waals surface area contributed by atoms with Crippen molar-refractivity contribution >= 4 is 68.4 Å². The molecule has 2 aliphatic heterocycles. The number of furan rings is 1. The van der Waals surface area contributed by atoms with Crippen LogP contribution in [-0.2, 0) is 27.1 Å². The second-order valence-electron chi connectivity index (χ2n) is 23.5. The summed E-state index contributed by atoms with van der Waals surface area (Å²) in [5.74, 6) is 0.921. The number of anilines is 6. The molecule has 0 saturated carbocycles. The molecule has 0 atom stereocenters. The maximum Gasteiger partial charge on any atom is 0.257 e. The van der Waals surface area contributed by atoms with Crippen molar-refractivity contribution in [3.63, 3.8) is 0 Å². The zero-order valence-electron chi connectivity index (χ0n) is 40.3. The molecule has 4 heteroatoms. The van der Waals surface area contributed by atoms with Gasteiger partial charge >= 0.3 is 0 Å². The molecule has 3 heterocycles. The van der Waals surface area contributed by atoms with Crippen LogP contribution in [0.4, 0.5) is 34.3 Å².